The molecule has 4 aromatic rings. The molecule has 4 aromatic carbocycles. The molecule has 4 aliphatic heterocycles. The fourth-order valence-corrected chi connectivity index (χ4v) is 17.6. The maximum Gasteiger partial charge on any atom is 0.237 e. The summed E-state index contributed by atoms with van der Waals surface area (Å²) in [6.07, 6.45) is 7.56. The molecule has 18 atom stereocenters. The predicted molar refractivity (Wildman–Crippen MR) is 256 cm³/mol. The van der Waals surface area contributed by atoms with Gasteiger partial charge in [0.2, 0.25) is 23.6 Å². The van der Waals surface area contributed by atoms with Crippen LogP contribution in [0.1, 0.15) is 94.7 Å². The molecule has 0 aromatic heterocycles. The molecule has 4 saturated heterocycles. The molecule has 0 spiro atoms. The van der Waals surface area contributed by atoms with E-state index in [1.165, 1.54) is 39.6 Å². The van der Waals surface area contributed by atoms with Gasteiger partial charge in [-0.2, -0.15) is 0 Å². The number of aryl methyl sites for hydroxylation is 3. The lowest BCUT2D eigenvalue weighted by atomic mass is 9.34. The third-order valence-electron chi connectivity index (χ3n) is 21.1. The van der Waals surface area contributed by atoms with Gasteiger partial charge in [-0.05, 0) is 170 Å². The number of benzene rings is 4. The molecule has 11 aliphatic rings. The summed E-state index contributed by atoms with van der Waals surface area (Å²) in [6, 6.07) is 21.3. The van der Waals surface area contributed by atoms with Crippen LogP contribution in [-0.2, 0) is 38.1 Å². The van der Waals surface area contributed by atoms with Crippen molar-refractivity contribution >= 4 is 50.9 Å². The highest BCUT2D eigenvalue weighted by molar-refractivity contribution is 6.26. The molecular weight excluding hydrogens is 853 g/mol. The summed E-state index contributed by atoms with van der Waals surface area (Å²) in [4.78, 5) is 58.5. The van der Waals surface area contributed by atoms with Gasteiger partial charge < -0.3 is 18.9 Å². The van der Waals surface area contributed by atoms with E-state index in [-0.39, 0.29) is 95.1 Å². The molecule has 0 radical (unpaired) electrons. The van der Waals surface area contributed by atoms with Gasteiger partial charge in [-0.25, -0.2) is 4.90 Å². The summed E-state index contributed by atoms with van der Waals surface area (Å²) in [5.74, 6) is 0.181. The van der Waals surface area contributed by atoms with Gasteiger partial charge in [0, 0.05) is 12.4 Å². The van der Waals surface area contributed by atoms with E-state index < -0.39 is 11.8 Å². The topological polar surface area (TPSA) is 112 Å². The van der Waals surface area contributed by atoms with E-state index in [0.29, 0.717) is 55.0 Å². The first kappa shape index (κ1) is 42.4. The SMILES string of the molecule is Cc1cc(-c2cc(C)c(N3C(=O)C4CC5OC6CC7C(CC6OC5CC4C3=O)C3(C)CCC7(C)C4CC5OC6CC7C(=O)N(C)C(=O)C7CC6OC5CC43)c3ccccc23)c2ccccc2c1C. The number of hydrogen-bond acceptors (Lipinski definition) is 8. The molecule has 15 rings (SSSR count). The van der Waals surface area contributed by atoms with Crippen molar-refractivity contribution in [3.8, 4) is 11.1 Å². The van der Waals surface area contributed by atoms with Gasteiger partial charge in [0.25, 0.3) is 0 Å². The third kappa shape index (κ3) is 5.60. The largest absolute Gasteiger partial charge is 0.370 e. The Hall–Kier alpha value is -4.48. The van der Waals surface area contributed by atoms with E-state index in [9.17, 15) is 19.2 Å². The van der Waals surface area contributed by atoms with Crippen LogP contribution in [-0.4, -0.2) is 84.4 Å². The molecule has 0 N–H and O–H groups in total. The van der Waals surface area contributed by atoms with E-state index >= 15 is 0 Å². The highest BCUT2D eigenvalue weighted by Crippen LogP contribution is 2.74. The smallest absolute Gasteiger partial charge is 0.237 e. The lowest BCUT2D eigenvalue weighted by Gasteiger charge is -2.72. The number of likely N-dealkylation sites (tertiary alicyclic amines) is 1. The first-order chi connectivity index (χ1) is 32.7. The van der Waals surface area contributed by atoms with Crippen molar-refractivity contribution in [2.24, 2.45) is 58.2 Å². The molecule has 354 valence electrons. The van der Waals surface area contributed by atoms with Crippen molar-refractivity contribution in [1.82, 2.24) is 4.90 Å². The van der Waals surface area contributed by atoms with Gasteiger partial charge in [-0.3, -0.25) is 24.1 Å². The number of carbonyl (C=O) groups is 4. The minimum Gasteiger partial charge on any atom is -0.370 e. The molecule has 18 unspecified atom stereocenters. The fourth-order valence-electron chi connectivity index (χ4n) is 17.6. The zero-order valence-corrected chi connectivity index (χ0v) is 40.2. The van der Waals surface area contributed by atoms with Crippen molar-refractivity contribution < 1.29 is 38.1 Å². The Labute approximate surface area is 398 Å². The van der Waals surface area contributed by atoms with Crippen molar-refractivity contribution in [2.45, 2.75) is 148 Å². The summed E-state index contributed by atoms with van der Waals surface area (Å²) in [6.45, 7) is 11.5. The molecular formula is C58H64N2O8. The minimum atomic E-state index is -0.444. The zero-order valence-electron chi connectivity index (χ0n) is 40.2. The molecule has 10 nitrogen and oxygen atoms in total. The number of carbonyl (C=O) groups excluding carboxylic acids is 4. The average Bonchev–Trinajstić information content (AvgIpc) is 3.70. The van der Waals surface area contributed by atoms with E-state index in [4.69, 9.17) is 18.9 Å². The van der Waals surface area contributed by atoms with Crippen LogP contribution in [0, 0.1) is 78.9 Å². The van der Waals surface area contributed by atoms with Crippen LogP contribution in [0.15, 0.2) is 60.7 Å². The quantitative estimate of drug-likeness (QED) is 0.183. The van der Waals surface area contributed by atoms with Crippen molar-refractivity contribution in [1.29, 1.82) is 0 Å². The Kier molecular flexibility index (Phi) is 9.07. The van der Waals surface area contributed by atoms with Crippen molar-refractivity contribution in [2.75, 3.05) is 11.9 Å². The van der Waals surface area contributed by atoms with Crippen molar-refractivity contribution in [3.05, 3.63) is 77.4 Å². The average molecular weight is 917 g/mol. The van der Waals surface area contributed by atoms with E-state index in [2.05, 4.69) is 82.3 Å². The molecule has 4 heterocycles. The van der Waals surface area contributed by atoms with Crippen molar-refractivity contribution in [3.63, 3.8) is 0 Å². The van der Waals surface area contributed by atoms with E-state index in [1.54, 1.807) is 11.9 Å². The predicted octanol–water partition coefficient (Wildman–Crippen LogP) is 9.42. The van der Waals surface area contributed by atoms with Crippen LogP contribution in [0.2, 0.25) is 0 Å². The summed E-state index contributed by atoms with van der Waals surface area (Å²) >= 11 is 0. The minimum absolute atomic E-state index is 0.00231. The standard InChI is InChI=1S/C58H64N2O8/c1-27-17-34(31-12-8-7-11-30(31)29(27)3)35-18-28(2)52(33-14-10-9-13-32(33)35)60-55(63)38-21-46-47(22-39(38)56(60)64)68-51-26-43-42(25-50(51)67-46)57(4)15-16-58(43,5)41-24-49-48(23-40(41)57)65-44-19-36-37(20-45(44)66-49)54(62)59(6)53(36)61/h7-14,17-18,36-51H,15-16,19-26H2,1-6H3. The van der Waals surface area contributed by atoms with E-state index in [1.807, 2.05) is 13.0 Å². The fraction of sp³-hybridized carbons (Fsp3) is 0.586. The second-order valence-electron chi connectivity index (χ2n) is 23.9. The summed E-state index contributed by atoms with van der Waals surface area (Å²) in [5, 5.41) is 4.37. The van der Waals surface area contributed by atoms with Crippen LogP contribution in [0.3, 0.4) is 0 Å². The first-order valence-corrected chi connectivity index (χ1v) is 26.0. The number of fused-ring (bicyclic) bond motifs is 9. The van der Waals surface area contributed by atoms with Crippen LogP contribution < -0.4 is 4.90 Å². The highest BCUT2D eigenvalue weighted by atomic mass is 16.6. The zero-order chi connectivity index (χ0) is 46.4. The molecule has 4 amide bonds. The first-order valence-electron chi connectivity index (χ1n) is 26.0. The molecule has 7 saturated carbocycles. The Balaban J connectivity index is 0.720. The van der Waals surface area contributed by atoms with Gasteiger partial charge in [0.05, 0.1) is 78.2 Å². The summed E-state index contributed by atoms with van der Waals surface area (Å²) in [7, 11) is 1.62. The Bertz CT molecular complexity index is 2790. The van der Waals surface area contributed by atoms with Gasteiger partial charge in [0.1, 0.15) is 0 Å². The lowest BCUT2D eigenvalue weighted by Crippen LogP contribution is -2.70. The maximum atomic E-state index is 14.8. The molecule has 68 heavy (non-hydrogen) atoms. The number of imide groups is 2. The second kappa shape index (κ2) is 14.6. The number of nitrogens with zero attached hydrogens (tertiary/aromatic N) is 2. The monoisotopic (exact) mass is 916 g/mol. The van der Waals surface area contributed by atoms with Crippen LogP contribution in [0.5, 0.6) is 0 Å². The molecule has 2 bridgehead atoms. The van der Waals surface area contributed by atoms with E-state index in [0.717, 1.165) is 53.1 Å². The summed E-state index contributed by atoms with van der Waals surface area (Å²) < 4.78 is 28.4. The maximum absolute atomic E-state index is 14.8. The van der Waals surface area contributed by atoms with Gasteiger partial charge in [-0.15, -0.1) is 0 Å². The Morgan fingerprint density at radius 1 is 0.456 bits per heavy atom. The second-order valence-corrected chi connectivity index (χ2v) is 23.9. The number of rotatable bonds is 2. The number of anilines is 1. The third-order valence-corrected chi connectivity index (χ3v) is 21.1. The highest BCUT2D eigenvalue weighted by Gasteiger charge is 2.70. The van der Waals surface area contributed by atoms with Gasteiger partial charge in [0.15, 0.2) is 0 Å². The molecule has 11 fully saturated rings. The van der Waals surface area contributed by atoms with Gasteiger partial charge in [-0.1, -0.05) is 68.4 Å². The Morgan fingerprint density at radius 3 is 1.22 bits per heavy atom. The van der Waals surface area contributed by atoms with Crippen LogP contribution >= 0.6 is 0 Å². The normalized spacial score (nSPS) is 43.4. The van der Waals surface area contributed by atoms with Crippen LogP contribution in [0.25, 0.3) is 32.7 Å². The Morgan fingerprint density at radius 2 is 0.794 bits per heavy atom. The number of hydrogen-bond donors (Lipinski definition) is 0. The number of amides is 4. The summed E-state index contributed by atoms with van der Waals surface area (Å²) in [5.41, 5.74) is 6.65. The number of ether oxygens (including phenoxy) is 4. The lowest BCUT2D eigenvalue weighted by molar-refractivity contribution is -0.317. The van der Waals surface area contributed by atoms with Gasteiger partial charge >= 0.3 is 0 Å². The van der Waals surface area contributed by atoms with Crippen LogP contribution in [0.4, 0.5) is 5.69 Å². The molecule has 7 aliphatic carbocycles. The molecule has 10 heteroatoms.